The summed E-state index contributed by atoms with van der Waals surface area (Å²) < 4.78 is 5.16. The third-order valence-electron chi connectivity index (χ3n) is 1.91. The molecule has 1 rings (SSSR count). The number of ether oxygens (including phenoxy) is 1. The Bertz CT molecular complexity index is 433. The molecule has 1 aromatic carbocycles. The van der Waals surface area contributed by atoms with E-state index in [1.165, 1.54) is 12.1 Å². The lowest BCUT2D eigenvalue weighted by molar-refractivity contribution is -0.141. The van der Waals surface area contributed by atoms with Crippen molar-refractivity contribution >= 4 is 27.8 Å². The molecule has 0 aliphatic heterocycles. The van der Waals surface area contributed by atoms with Gasteiger partial charge in [-0.1, -0.05) is 0 Å². The van der Waals surface area contributed by atoms with Crippen LogP contribution < -0.4 is 5.32 Å². The number of nitrogens with one attached hydrogen (secondary N) is 1. The summed E-state index contributed by atoms with van der Waals surface area (Å²) in [5, 5.41) is 11.8. The summed E-state index contributed by atoms with van der Waals surface area (Å²) in [6.45, 7) is 1.77. The Hall–Kier alpha value is -1.56. The number of phenolic OH excluding ortho intramolecular Hbond substituents is 1. The molecule has 6 heteroatoms. The maximum absolute atomic E-state index is 11.6. The van der Waals surface area contributed by atoms with Crippen LogP contribution in [0.5, 0.6) is 5.75 Å². The van der Waals surface area contributed by atoms with Crippen LogP contribution in [-0.4, -0.2) is 30.1 Å². The molecule has 0 aromatic heterocycles. The van der Waals surface area contributed by atoms with Gasteiger partial charge in [-0.3, -0.25) is 9.59 Å². The fourth-order valence-electron chi connectivity index (χ4n) is 1.12. The van der Waals surface area contributed by atoms with E-state index in [1.807, 2.05) is 0 Å². The van der Waals surface area contributed by atoms with E-state index in [9.17, 15) is 14.7 Å². The number of halogens is 1. The van der Waals surface area contributed by atoms with Gasteiger partial charge in [-0.05, 0) is 41.1 Å². The van der Waals surface area contributed by atoms with Crippen LogP contribution in [0.4, 0.5) is 0 Å². The molecular weight excluding hydrogens is 290 g/mol. The summed E-state index contributed by atoms with van der Waals surface area (Å²) in [6.07, 6.45) is 0. The average Bonchev–Trinajstić information content (AvgIpc) is 2.30. The lowest BCUT2D eigenvalue weighted by atomic mass is 10.2. The Labute approximate surface area is 107 Å². The molecule has 17 heavy (non-hydrogen) atoms. The van der Waals surface area contributed by atoms with E-state index < -0.39 is 11.9 Å². The molecule has 0 saturated carbocycles. The minimum absolute atomic E-state index is 0.0335. The molecule has 0 bridgehead atoms. The van der Waals surface area contributed by atoms with Crippen molar-refractivity contribution in [2.24, 2.45) is 0 Å². The van der Waals surface area contributed by atoms with E-state index in [0.29, 0.717) is 4.47 Å². The van der Waals surface area contributed by atoms with Gasteiger partial charge in [0.05, 0.1) is 11.1 Å². The largest absolute Gasteiger partial charge is 0.507 e. The number of aromatic hydroxyl groups is 1. The molecule has 0 aliphatic carbocycles. The molecule has 0 unspecified atom stereocenters. The summed E-state index contributed by atoms with van der Waals surface area (Å²) in [5.74, 6) is -0.975. The number of carbonyl (C=O) groups excluding carboxylic acids is 2. The molecule has 0 radical (unpaired) electrons. The smallest absolute Gasteiger partial charge is 0.325 e. The van der Waals surface area contributed by atoms with Crippen LogP contribution in [0.15, 0.2) is 22.7 Å². The van der Waals surface area contributed by atoms with E-state index in [1.54, 1.807) is 13.0 Å². The van der Waals surface area contributed by atoms with Gasteiger partial charge in [-0.25, -0.2) is 0 Å². The van der Waals surface area contributed by atoms with Crippen molar-refractivity contribution in [3.63, 3.8) is 0 Å². The van der Waals surface area contributed by atoms with Crippen molar-refractivity contribution in [3.8, 4) is 5.75 Å². The van der Waals surface area contributed by atoms with E-state index in [-0.39, 0.29) is 24.5 Å². The quantitative estimate of drug-likeness (QED) is 0.825. The monoisotopic (exact) mass is 301 g/mol. The van der Waals surface area contributed by atoms with Crippen LogP contribution in [0.1, 0.15) is 17.3 Å². The second kappa shape index (κ2) is 6.24. The number of rotatable bonds is 4. The Balaban J connectivity index is 2.58. The lowest BCUT2D eigenvalue weighted by Crippen LogP contribution is -2.30. The van der Waals surface area contributed by atoms with Gasteiger partial charge >= 0.3 is 5.97 Å². The SMILES string of the molecule is CCOC(=O)CNC(=O)c1ccc(Br)c(O)c1. The summed E-state index contributed by atoms with van der Waals surface area (Å²) in [6, 6.07) is 4.39. The number of hydrogen-bond acceptors (Lipinski definition) is 4. The molecule has 92 valence electrons. The first-order chi connectivity index (χ1) is 8.04. The molecule has 0 heterocycles. The molecule has 5 nitrogen and oxygen atoms in total. The fraction of sp³-hybridized carbons (Fsp3) is 0.273. The van der Waals surface area contributed by atoms with Crippen LogP contribution in [0.2, 0.25) is 0 Å². The van der Waals surface area contributed by atoms with Gasteiger partial charge in [0.25, 0.3) is 5.91 Å². The Morgan fingerprint density at radius 2 is 2.18 bits per heavy atom. The number of carbonyl (C=O) groups is 2. The number of hydrogen-bond donors (Lipinski definition) is 2. The van der Waals surface area contributed by atoms with Crippen molar-refractivity contribution in [1.82, 2.24) is 5.32 Å². The number of phenols is 1. The molecule has 0 saturated heterocycles. The summed E-state index contributed by atoms with van der Waals surface area (Å²) in [7, 11) is 0. The Kier molecular flexibility index (Phi) is 4.96. The highest BCUT2D eigenvalue weighted by atomic mass is 79.9. The summed E-state index contributed by atoms with van der Waals surface area (Å²) in [4.78, 5) is 22.6. The zero-order valence-electron chi connectivity index (χ0n) is 9.20. The van der Waals surface area contributed by atoms with Crippen LogP contribution in [0, 0.1) is 0 Å². The highest BCUT2D eigenvalue weighted by Gasteiger charge is 2.10. The normalized spacial score (nSPS) is 9.76. The zero-order valence-corrected chi connectivity index (χ0v) is 10.8. The first kappa shape index (κ1) is 13.5. The molecule has 0 atom stereocenters. The zero-order chi connectivity index (χ0) is 12.8. The number of amides is 1. The van der Waals surface area contributed by atoms with Crippen molar-refractivity contribution in [2.75, 3.05) is 13.2 Å². The summed E-state index contributed by atoms with van der Waals surface area (Å²) in [5.41, 5.74) is 0.273. The van der Waals surface area contributed by atoms with Crippen LogP contribution in [0.25, 0.3) is 0 Å². The third kappa shape index (κ3) is 4.07. The first-order valence-electron chi connectivity index (χ1n) is 4.97. The average molecular weight is 302 g/mol. The maximum atomic E-state index is 11.6. The Morgan fingerprint density at radius 3 is 2.76 bits per heavy atom. The maximum Gasteiger partial charge on any atom is 0.325 e. The van der Waals surface area contributed by atoms with Crippen molar-refractivity contribution in [2.45, 2.75) is 6.92 Å². The van der Waals surface area contributed by atoms with Gasteiger partial charge in [0, 0.05) is 5.56 Å². The molecule has 0 fully saturated rings. The topological polar surface area (TPSA) is 75.6 Å². The molecule has 2 N–H and O–H groups in total. The fourth-order valence-corrected chi connectivity index (χ4v) is 1.37. The summed E-state index contributed by atoms with van der Waals surface area (Å²) >= 11 is 3.11. The van der Waals surface area contributed by atoms with E-state index in [4.69, 9.17) is 0 Å². The van der Waals surface area contributed by atoms with Crippen molar-refractivity contribution < 1.29 is 19.4 Å². The van der Waals surface area contributed by atoms with Gasteiger partial charge in [-0.2, -0.15) is 0 Å². The van der Waals surface area contributed by atoms with Crippen LogP contribution in [-0.2, 0) is 9.53 Å². The number of benzene rings is 1. The second-order valence-electron chi connectivity index (χ2n) is 3.15. The van der Waals surface area contributed by atoms with Gasteiger partial charge in [0.2, 0.25) is 0 Å². The molecule has 1 amide bonds. The van der Waals surface area contributed by atoms with Crippen LogP contribution >= 0.6 is 15.9 Å². The second-order valence-corrected chi connectivity index (χ2v) is 4.01. The molecule has 0 aliphatic rings. The molecule has 0 spiro atoms. The van der Waals surface area contributed by atoms with E-state index in [2.05, 4.69) is 26.0 Å². The minimum Gasteiger partial charge on any atom is -0.507 e. The predicted octanol–water partition coefficient (Wildman–Crippen LogP) is 1.45. The van der Waals surface area contributed by atoms with Gasteiger partial charge in [0.1, 0.15) is 12.3 Å². The van der Waals surface area contributed by atoms with Crippen molar-refractivity contribution in [1.29, 1.82) is 0 Å². The molecular formula is C11H12BrNO4. The van der Waals surface area contributed by atoms with Gasteiger partial charge < -0.3 is 15.2 Å². The van der Waals surface area contributed by atoms with Crippen LogP contribution in [0.3, 0.4) is 0 Å². The highest BCUT2D eigenvalue weighted by Crippen LogP contribution is 2.24. The highest BCUT2D eigenvalue weighted by molar-refractivity contribution is 9.10. The molecule has 1 aromatic rings. The Morgan fingerprint density at radius 1 is 1.47 bits per heavy atom. The lowest BCUT2D eigenvalue weighted by Gasteiger charge is -2.05. The standard InChI is InChI=1S/C11H12BrNO4/c1-2-17-10(15)6-13-11(16)7-3-4-8(12)9(14)5-7/h3-5,14H,2,6H2,1H3,(H,13,16). The number of esters is 1. The van der Waals surface area contributed by atoms with E-state index in [0.717, 1.165) is 0 Å². The minimum atomic E-state index is -0.498. The van der Waals surface area contributed by atoms with E-state index >= 15 is 0 Å². The predicted molar refractivity (Wildman–Crippen MR) is 64.8 cm³/mol. The van der Waals surface area contributed by atoms with Gasteiger partial charge in [-0.15, -0.1) is 0 Å². The first-order valence-corrected chi connectivity index (χ1v) is 5.76. The third-order valence-corrected chi connectivity index (χ3v) is 2.58. The van der Waals surface area contributed by atoms with Crippen molar-refractivity contribution in [3.05, 3.63) is 28.2 Å². The van der Waals surface area contributed by atoms with Gasteiger partial charge in [0.15, 0.2) is 0 Å².